The van der Waals surface area contributed by atoms with Gasteiger partial charge in [-0.05, 0) is 6.07 Å². The van der Waals surface area contributed by atoms with E-state index >= 15 is 0 Å². The molecule has 70 valence electrons. The highest BCUT2D eigenvalue weighted by Crippen LogP contribution is 2.17. The van der Waals surface area contributed by atoms with E-state index in [1.807, 2.05) is 12.1 Å². The molecule has 4 heteroatoms. The smallest absolute Gasteiger partial charge is 0.128 e. The van der Waals surface area contributed by atoms with Crippen LogP contribution in [-0.4, -0.2) is 24.6 Å². The Bertz CT molecular complexity index is 281. The minimum atomic E-state index is 0.308. The van der Waals surface area contributed by atoms with Crippen molar-refractivity contribution in [2.45, 2.75) is 6.04 Å². The lowest BCUT2D eigenvalue weighted by molar-refractivity contribution is 0.430. The van der Waals surface area contributed by atoms with Crippen LogP contribution < -0.4 is 16.4 Å². The van der Waals surface area contributed by atoms with E-state index in [1.165, 1.54) is 0 Å². The van der Waals surface area contributed by atoms with Crippen LogP contribution in [0.3, 0.4) is 0 Å². The summed E-state index contributed by atoms with van der Waals surface area (Å²) in [7, 11) is 0. The second-order valence-electron chi connectivity index (χ2n) is 3.19. The van der Waals surface area contributed by atoms with Crippen LogP contribution in [0.15, 0.2) is 18.3 Å². The summed E-state index contributed by atoms with van der Waals surface area (Å²) in [6, 6.07) is 4.25. The van der Waals surface area contributed by atoms with Crippen LogP contribution in [0.1, 0.15) is 11.6 Å². The fourth-order valence-electron chi connectivity index (χ4n) is 1.60. The van der Waals surface area contributed by atoms with E-state index in [0.29, 0.717) is 11.9 Å². The topological polar surface area (TPSA) is 63.0 Å². The molecular formula is C9H14N4. The monoisotopic (exact) mass is 178 g/mol. The molecule has 2 heterocycles. The maximum Gasteiger partial charge on any atom is 0.128 e. The number of hydrogen-bond donors (Lipinski definition) is 3. The summed E-state index contributed by atoms with van der Waals surface area (Å²) in [6.07, 6.45) is 1.72. The fourth-order valence-corrected chi connectivity index (χ4v) is 1.60. The summed E-state index contributed by atoms with van der Waals surface area (Å²) in [5, 5.41) is 6.71. The van der Waals surface area contributed by atoms with Gasteiger partial charge >= 0.3 is 0 Å². The average Bonchev–Trinajstić information content (AvgIpc) is 2.20. The van der Waals surface area contributed by atoms with Crippen LogP contribution in [0.2, 0.25) is 0 Å². The van der Waals surface area contributed by atoms with Crippen LogP contribution in [0.25, 0.3) is 0 Å². The average molecular weight is 178 g/mol. The Kier molecular flexibility index (Phi) is 2.42. The molecule has 1 atom stereocenters. The molecule has 1 aliphatic rings. The molecule has 13 heavy (non-hydrogen) atoms. The zero-order valence-electron chi connectivity index (χ0n) is 7.46. The second kappa shape index (κ2) is 3.72. The van der Waals surface area contributed by atoms with Crippen molar-refractivity contribution in [2.24, 2.45) is 0 Å². The number of nitrogens with two attached hydrogens (primary N) is 1. The molecule has 0 radical (unpaired) electrons. The van der Waals surface area contributed by atoms with Gasteiger partial charge in [-0.15, -0.1) is 0 Å². The lowest BCUT2D eigenvalue weighted by Crippen LogP contribution is -2.42. The molecular weight excluding hydrogens is 164 g/mol. The van der Waals surface area contributed by atoms with E-state index in [2.05, 4.69) is 15.6 Å². The summed E-state index contributed by atoms with van der Waals surface area (Å²) in [6.45, 7) is 2.94. The van der Waals surface area contributed by atoms with Crippen LogP contribution in [0.4, 0.5) is 5.82 Å². The molecule has 0 aliphatic carbocycles. The van der Waals surface area contributed by atoms with Gasteiger partial charge < -0.3 is 16.4 Å². The first-order valence-electron chi connectivity index (χ1n) is 4.52. The predicted molar refractivity (Wildman–Crippen MR) is 52.3 cm³/mol. The van der Waals surface area contributed by atoms with Crippen molar-refractivity contribution >= 4 is 5.82 Å². The minimum Gasteiger partial charge on any atom is -0.383 e. The lowest BCUT2D eigenvalue weighted by Gasteiger charge is -2.25. The first-order valence-corrected chi connectivity index (χ1v) is 4.52. The normalized spacial score (nSPS) is 22.9. The van der Waals surface area contributed by atoms with Crippen LogP contribution in [-0.2, 0) is 0 Å². The van der Waals surface area contributed by atoms with E-state index in [9.17, 15) is 0 Å². The molecule has 0 aromatic carbocycles. The van der Waals surface area contributed by atoms with Gasteiger partial charge in [0.05, 0.1) is 0 Å². The Morgan fingerprint density at radius 2 is 2.38 bits per heavy atom. The molecule has 0 saturated carbocycles. The number of hydrogen-bond acceptors (Lipinski definition) is 4. The largest absolute Gasteiger partial charge is 0.383 e. The predicted octanol–water partition coefficient (Wildman–Crippen LogP) is -0.102. The molecule has 1 aromatic rings. The molecule has 1 aliphatic heterocycles. The lowest BCUT2D eigenvalue weighted by atomic mass is 10.1. The third-order valence-corrected chi connectivity index (χ3v) is 2.29. The highest BCUT2D eigenvalue weighted by Gasteiger charge is 2.16. The van der Waals surface area contributed by atoms with Gasteiger partial charge in [0.25, 0.3) is 0 Å². The van der Waals surface area contributed by atoms with Gasteiger partial charge in [-0.25, -0.2) is 4.98 Å². The quantitative estimate of drug-likeness (QED) is 0.562. The highest BCUT2D eigenvalue weighted by atomic mass is 15.1. The summed E-state index contributed by atoms with van der Waals surface area (Å²) < 4.78 is 0. The van der Waals surface area contributed by atoms with Gasteiger partial charge in [-0.2, -0.15) is 0 Å². The van der Waals surface area contributed by atoms with Crippen molar-refractivity contribution in [1.82, 2.24) is 15.6 Å². The van der Waals surface area contributed by atoms with Crippen LogP contribution >= 0.6 is 0 Å². The highest BCUT2D eigenvalue weighted by molar-refractivity contribution is 5.41. The number of rotatable bonds is 1. The van der Waals surface area contributed by atoms with Gasteiger partial charge in [0.15, 0.2) is 0 Å². The standard InChI is InChI=1S/C9H14N4/c10-9-7(2-1-3-13-9)8-6-11-4-5-12-8/h1-3,8,11-12H,4-6H2,(H2,10,13). The Labute approximate surface area is 77.5 Å². The minimum absolute atomic E-state index is 0.308. The maximum absolute atomic E-state index is 5.77. The number of aromatic nitrogens is 1. The SMILES string of the molecule is Nc1ncccc1C1CNCCN1. The number of nitrogens with zero attached hydrogens (tertiary/aromatic N) is 1. The summed E-state index contributed by atoms with van der Waals surface area (Å²) >= 11 is 0. The molecule has 1 fully saturated rings. The Balaban J connectivity index is 2.18. The Morgan fingerprint density at radius 3 is 3.08 bits per heavy atom. The molecule has 2 rings (SSSR count). The van der Waals surface area contributed by atoms with Crippen molar-refractivity contribution < 1.29 is 0 Å². The molecule has 0 bridgehead atoms. The van der Waals surface area contributed by atoms with Crippen molar-refractivity contribution in [1.29, 1.82) is 0 Å². The van der Waals surface area contributed by atoms with Crippen molar-refractivity contribution in [3.63, 3.8) is 0 Å². The third kappa shape index (κ3) is 1.79. The van der Waals surface area contributed by atoms with Crippen molar-refractivity contribution in [2.75, 3.05) is 25.4 Å². The summed E-state index contributed by atoms with van der Waals surface area (Å²) in [4.78, 5) is 4.06. The van der Waals surface area contributed by atoms with Gasteiger partial charge in [0, 0.05) is 37.4 Å². The number of nitrogens with one attached hydrogen (secondary N) is 2. The van der Waals surface area contributed by atoms with Crippen LogP contribution in [0.5, 0.6) is 0 Å². The molecule has 1 saturated heterocycles. The number of nitrogen functional groups attached to an aromatic ring is 1. The van der Waals surface area contributed by atoms with Crippen molar-refractivity contribution in [3.8, 4) is 0 Å². The molecule has 0 amide bonds. The Morgan fingerprint density at radius 1 is 1.46 bits per heavy atom. The first kappa shape index (κ1) is 8.47. The van der Waals surface area contributed by atoms with E-state index in [0.717, 1.165) is 25.2 Å². The number of piperazine rings is 1. The van der Waals surface area contributed by atoms with Gasteiger partial charge in [-0.1, -0.05) is 6.07 Å². The fraction of sp³-hybridized carbons (Fsp3) is 0.444. The van der Waals surface area contributed by atoms with E-state index in [1.54, 1.807) is 6.20 Å². The molecule has 4 N–H and O–H groups in total. The zero-order valence-corrected chi connectivity index (χ0v) is 7.46. The molecule has 1 aromatic heterocycles. The van der Waals surface area contributed by atoms with E-state index in [-0.39, 0.29) is 0 Å². The maximum atomic E-state index is 5.77. The molecule has 1 unspecified atom stereocenters. The number of pyridine rings is 1. The van der Waals surface area contributed by atoms with E-state index in [4.69, 9.17) is 5.73 Å². The second-order valence-corrected chi connectivity index (χ2v) is 3.19. The summed E-state index contributed by atoms with van der Waals surface area (Å²) in [5.41, 5.74) is 6.86. The molecule has 0 spiro atoms. The van der Waals surface area contributed by atoms with E-state index < -0.39 is 0 Å². The van der Waals surface area contributed by atoms with Gasteiger partial charge in [0.2, 0.25) is 0 Å². The summed E-state index contributed by atoms with van der Waals surface area (Å²) in [5.74, 6) is 0.628. The Hall–Kier alpha value is -1.13. The number of anilines is 1. The molecule has 4 nitrogen and oxygen atoms in total. The van der Waals surface area contributed by atoms with Crippen LogP contribution in [0, 0.1) is 0 Å². The zero-order chi connectivity index (χ0) is 9.10. The third-order valence-electron chi connectivity index (χ3n) is 2.29. The van der Waals surface area contributed by atoms with Gasteiger partial charge in [-0.3, -0.25) is 0 Å². The van der Waals surface area contributed by atoms with Gasteiger partial charge in [0.1, 0.15) is 5.82 Å². The van der Waals surface area contributed by atoms with Crippen molar-refractivity contribution in [3.05, 3.63) is 23.9 Å². The first-order chi connectivity index (χ1) is 6.38.